The quantitative estimate of drug-likeness (QED) is 0.749. The van der Waals surface area contributed by atoms with Crippen molar-refractivity contribution in [3.63, 3.8) is 0 Å². The number of aromatic nitrogens is 1. The van der Waals surface area contributed by atoms with Crippen molar-refractivity contribution in [3.8, 4) is 11.8 Å². The first kappa shape index (κ1) is 12.2. The minimum absolute atomic E-state index is 0.154. The molecule has 0 amide bonds. The zero-order valence-corrected chi connectivity index (χ0v) is 11.5. The van der Waals surface area contributed by atoms with Crippen LogP contribution in [0.25, 0.3) is 10.9 Å². The van der Waals surface area contributed by atoms with E-state index in [9.17, 15) is 9.18 Å². The minimum Gasteiger partial charge on any atom is -0.488 e. The molecular formula is C13H8BrFN2O2. The summed E-state index contributed by atoms with van der Waals surface area (Å²) in [6.07, 6.45) is 0. The lowest BCUT2D eigenvalue weighted by Crippen LogP contribution is -2.31. The van der Waals surface area contributed by atoms with Gasteiger partial charge in [0.2, 0.25) is 0 Å². The largest absolute Gasteiger partial charge is 0.488 e. The Hall–Kier alpha value is -1.87. The second kappa shape index (κ2) is 4.07. The van der Waals surface area contributed by atoms with Crippen LogP contribution < -0.4 is 10.3 Å². The molecule has 1 aromatic carbocycles. The van der Waals surface area contributed by atoms with Gasteiger partial charge >= 0.3 is 0 Å². The van der Waals surface area contributed by atoms with Crippen molar-refractivity contribution in [2.24, 2.45) is 0 Å². The molecule has 0 fully saturated rings. The molecule has 1 aliphatic heterocycles. The van der Waals surface area contributed by atoms with E-state index in [1.807, 2.05) is 13.0 Å². The number of hydrogen-bond acceptors (Lipinski definition) is 3. The molecule has 2 aromatic rings. The molecular weight excluding hydrogens is 315 g/mol. The number of ether oxygens (including phenoxy) is 1. The summed E-state index contributed by atoms with van der Waals surface area (Å²) in [7, 11) is 0. The maximum Gasteiger partial charge on any atom is 0.252 e. The van der Waals surface area contributed by atoms with E-state index in [0.717, 1.165) is 0 Å². The Labute approximate surface area is 116 Å². The molecule has 0 aliphatic carbocycles. The molecule has 2 heterocycles. The van der Waals surface area contributed by atoms with Gasteiger partial charge in [0.25, 0.3) is 5.56 Å². The van der Waals surface area contributed by atoms with Crippen LogP contribution in [0.4, 0.5) is 4.39 Å². The van der Waals surface area contributed by atoms with Gasteiger partial charge in [-0.25, -0.2) is 4.39 Å². The van der Waals surface area contributed by atoms with E-state index in [0.29, 0.717) is 10.9 Å². The van der Waals surface area contributed by atoms with Gasteiger partial charge < -0.3 is 4.74 Å². The van der Waals surface area contributed by atoms with E-state index in [-0.39, 0.29) is 34.0 Å². The molecule has 0 bridgehead atoms. The predicted octanol–water partition coefficient (Wildman–Crippen LogP) is 2.73. The summed E-state index contributed by atoms with van der Waals surface area (Å²) in [5.41, 5.74) is 0.345. The van der Waals surface area contributed by atoms with E-state index >= 15 is 0 Å². The van der Waals surface area contributed by atoms with Gasteiger partial charge in [0.15, 0.2) is 5.75 Å². The fourth-order valence-corrected chi connectivity index (χ4v) is 2.78. The molecule has 3 rings (SSSR count). The maximum atomic E-state index is 13.8. The van der Waals surface area contributed by atoms with Crippen molar-refractivity contribution >= 4 is 26.8 Å². The van der Waals surface area contributed by atoms with Crippen LogP contribution in [0, 0.1) is 17.1 Å². The highest BCUT2D eigenvalue weighted by Crippen LogP contribution is 2.40. The fourth-order valence-electron chi connectivity index (χ4n) is 2.36. The summed E-state index contributed by atoms with van der Waals surface area (Å²) in [6, 6.07) is 4.25. The molecule has 1 aromatic heterocycles. The number of halogens is 2. The van der Waals surface area contributed by atoms with Gasteiger partial charge in [-0.1, -0.05) is 0 Å². The summed E-state index contributed by atoms with van der Waals surface area (Å²) in [4.78, 5) is 12.1. The third-order valence-electron chi connectivity index (χ3n) is 3.22. The third-order valence-corrected chi connectivity index (χ3v) is 3.96. The van der Waals surface area contributed by atoms with Crippen LogP contribution in [-0.4, -0.2) is 11.2 Å². The van der Waals surface area contributed by atoms with Crippen LogP contribution in [0.1, 0.15) is 18.5 Å². The average Bonchev–Trinajstić information content (AvgIpc) is 2.39. The Bertz CT molecular complexity index is 807. The zero-order chi connectivity index (χ0) is 13.7. The van der Waals surface area contributed by atoms with Crippen LogP contribution in [0.5, 0.6) is 5.75 Å². The molecule has 1 atom stereocenters. The predicted molar refractivity (Wildman–Crippen MR) is 70.8 cm³/mol. The molecule has 1 aliphatic rings. The Kier molecular flexibility index (Phi) is 2.61. The van der Waals surface area contributed by atoms with Crippen molar-refractivity contribution in [1.82, 2.24) is 4.57 Å². The van der Waals surface area contributed by atoms with Gasteiger partial charge in [0, 0.05) is 11.5 Å². The molecule has 6 heteroatoms. The summed E-state index contributed by atoms with van der Waals surface area (Å²) < 4.78 is 21.1. The first-order valence-corrected chi connectivity index (χ1v) is 6.44. The van der Waals surface area contributed by atoms with E-state index in [2.05, 4.69) is 15.9 Å². The molecule has 96 valence electrons. The van der Waals surface area contributed by atoms with E-state index in [1.54, 1.807) is 4.57 Å². The lowest BCUT2D eigenvalue weighted by atomic mass is 10.1. The van der Waals surface area contributed by atoms with Crippen molar-refractivity contribution < 1.29 is 9.13 Å². The van der Waals surface area contributed by atoms with Crippen LogP contribution >= 0.6 is 15.9 Å². The molecule has 19 heavy (non-hydrogen) atoms. The topological polar surface area (TPSA) is 55.0 Å². The highest BCUT2D eigenvalue weighted by atomic mass is 79.9. The number of benzene rings is 1. The molecule has 0 saturated carbocycles. The lowest BCUT2D eigenvalue weighted by molar-refractivity contribution is 0.242. The number of nitriles is 1. The minimum atomic E-state index is -0.515. The number of pyridine rings is 1. The second-order valence-corrected chi connectivity index (χ2v) is 5.23. The van der Waals surface area contributed by atoms with Gasteiger partial charge in [-0.2, -0.15) is 5.26 Å². The Balaban J connectivity index is 2.63. The molecule has 4 nitrogen and oxygen atoms in total. The highest BCUT2D eigenvalue weighted by Gasteiger charge is 2.26. The fraction of sp³-hybridized carbons (Fsp3) is 0.231. The number of nitrogens with zero attached hydrogens (tertiary/aromatic N) is 2. The van der Waals surface area contributed by atoms with Crippen molar-refractivity contribution in [1.29, 1.82) is 5.26 Å². The second-order valence-electron chi connectivity index (χ2n) is 4.44. The van der Waals surface area contributed by atoms with Crippen LogP contribution in [0.2, 0.25) is 0 Å². The maximum absolute atomic E-state index is 13.8. The Morgan fingerprint density at radius 3 is 3.00 bits per heavy atom. The molecule has 0 unspecified atom stereocenters. The van der Waals surface area contributed by atoms with Crippen LogP contribution in [-0.2, 0) is 0 Å². The van der Waals surface area contributed by atoms with Crippen LogP contribution in [0.3, 0.4) is 0 Å². The lowest BCUT2D eigenvalue weighted by Gasteiger charge is -2.26. The average molecular weight is 323 g/mol. The smallest absolute Gasteiger partial charge is 0.252 e. The standard InChI is InChI=1S/C13H8BrFN2O2/c1-6-5-19-13-11(14)9(15)3-8-7(4-16)2-10(18)17(6)12(8)13/h2-3,6H,5H2,1H3/t6-/m0/s1. The van der Waals surface area contributed by atoms with Crippen molar-refractivity contribution in [2.45, 2.75) is 13.0 Å². The normalized spacial score (nSPS) is 17.1. The number of hydrogen-bond donors (Lipinski definition) is 0. The third kappa shape index (κ3) is 1.58. The molecule has 0 saturated heterocycles. The summed E-state index contributed by atoms with van der Waals surface area (Å²) in [5.74, 6) is -0.235. The summed E-state index contributed by atoms with van der Waals surface area (Å²) >= 11 is 3.12. The zero-order valence-electron chi connectivity index (χ0n) is 9.91. The Morgan fingerprint density at radius 2 is 2.32 bits per heavy atom. The number of rotatable bonds is 0. The van der Waals surface area contributed by atoms with Crippen molar-refractivity contribution in [3.05, 3.63) is 38.3 Å². The van der Waals surface area contributed by atoms with Gasteiger partial charge in [-0.15, -0.1) is 0 Å². The SMILES string of the molecule is C[C@H]1COc2c(Br)c(F)cc3c(C#N)cc(=O)n1c23. The Morgan fingerprint density at radius 1 is 1.58 bits per heavy atom. The van der Waals surface area contributed by atoms with E-state index in [1.165, 1.54) is 12.1 Å². The van der Waals surface area contributed by atoms with E-state index in [4.69, 9.17) is 10.00 Å². The van der Waals surface area contributed by atoms with Crippen molar-refractivity contribution in [2.75, 3.05) is 6.61 Å². The monoisotopic (exact) mass is 322 g/mol. The molecule has 0 spiro atoms. The highest BCUT2D eigenvalue weighted by molar-refractivity contribution is 9.10. The summed E-state index contributed by atoms with van der Waals surface area (Å²) in [6.45, 7) is 2.13. The van der Waals surface area contributed by atoms with E-state index < -0.39 is 5.82 Å². The molecule has 0 radical (unpaired) electrons. The summed E-state index contributed by atoms with van der Waals surface area (Å²) in [5, 5.41) is 9.48. The van der Waals surface area contributed by atoms with Gasteiger partial charge in [0.1, 0.15) is 18.5 Å². The van der Waals surface area contributed by atoms with Crippen LogP contribution in [0.15, 0.2) is 21.4 Å². The van der Waals surface area contributed by atoms with Gasteiger partial charge in [-0.3, -0.25) is 9.36 Å². The van der Waals surface area contributed by atoms with Gasteiger partial charge in [-0.05, 0) is 28.9 Å². The first-order valence-electron chi connectivity index (χ1n) is 5.64. The molecule has 0 N–H and O–H groups in total. The first-order chi connectivity index (χ1) is 9.04. The van der Waals surface area contributed by atoms with Gasteiger partial charge in [0.05, 0.1) is 21.6 Å².